The minimum absolute atomic E-state index is 0.209. The predicted octanol–water partition coefficient (Wildman–Crippen LogP) is 4.94. The Labute approximate surface area is 178 Å². The molecule has 30 heavy (non-hydrogen) atoms. The number of amides is 1. The van der Waals surface area contributed by atoms with Gasteiger partial charge in [-0.1, -0.05) is 42.8 Å². The summed E-state index contributed by atoms with van der Waals surface area (Å²) in [4.78, 5) is 12.9. The summed E-state index contributed by atoms with van der Waals surface area (Å²) >= 11 is 0. The minimum Gasteiger partial charge on any atom is -0.322 e. The van der Waals surface area contributed by atoms with E-state index in [2.05, 4.69) is 12.2 Å². The van der Waals surface area contributed by atoms with Gasteiger partial charge in [-0.3, -0.25) is 9.10 Å². The highest BCUT2D eigenvalue weighted by Crippen LogP contribution is 2.27. The number of aryl methyl sites for hydroxylation is 3. The van der Waals surface area contributed by atoms with Crippen molar-refractivity contribution < 1.29 is 13.2 Å². The zero-order chi connectivity index (χ0) is 21.9. The number of rotatable bonds is 6. The van der Waals surface area contributed by atoms with Crippen molar-refractivity contribution in [2.24, 2.45) is 0 Å². The van der Waals surface area contributed by atoms with E-state index in [1.807, 2.05) is 38.1 Å². The van der Waals surface area contributed by atoms with E-state index in [9.17, 15) is 13.2 Å². The molecule has 0 saturated carbocycles. The quantitative estimate of drug-likeness (QED) is 0.612. The number of carbonyl (C=O) groups excluding carboxylic acids is 1. The maximum Gasteiger partial charge on any atom is 0.264 e. The number of sulfonamides is 1. The van der Waals surface area contributed by atoms with Crippen LogP contribution in [0, 0.1) is 13.8 Å². The molecule has 5 nitrogen and oxygen atoms in total. The van der Waals surface area contributed by atoms with Gasteiger partial charge in [0.05, 0.1) is 10.6 Å². The fourth-order valence-electron chi connectivity index (χ4n) is 3.11. The Hall–Kier alpha value is -3.12. The summed E-state index contributed by atoms with van der Waals surface area (Å²) in [6.45, 7) is 5.80. The number of nitrogens with one attached hydrogen (secondary N) is 1. The monoisotopic (exact) mass is 422 g/mol. The standard InChI is InChI=1S/C24H26N2O3S/c1-5-19-9-12-21(13-10-19)25-24(27)20-11-8-18(3)23(16-20)26(4)30(28,29)22-14-6-17(2)7-15-22/h6-16H,5H2,1-4H3,(H,25,27). The largest absolute Gasteiger partial charge is 0.322 e. The molecule has 0 radical (unpaired) electrons. The first-order chi connectivity index (χ1) is 14.2. The van der Waals surface area contributed by atoms with E-state index >= 15 is 0 Å². The Balaban J connectivity index is 1.88. The average molecular weight is 423 g/mol. The Morgan fingerprint density at radius 3 is 2.17 bits per heavy atom. The van der Waals surface area contributed by atoms with Crippen LogP contribution in [0.5, 0.6) is 0 Å². The van der Waals surface area contributed by atoms with Gasteiger partial charge in [-0.2, -0.15) is 0 Å². The molecule has 156 valence electrons. The Kier molecular flexibility index (Phi) is 6.27. The third-order valence-electron chi connectivity index (χ3n) is 5.11. The number of carbonyl (C=O) groups is 1. The van der Waals surface area contributed by atoms with Crippen molar-refractivity contribution in [3.8, 4) is 0 Å². The van der Waals surface area contributed by atoms with Gasteiger partial charge in [-0.05, 0) is 67.8 Å². The molecule has 1 N–H and O–H groups in total. The van der Waals surface area contributed by atoms with Crippen molar-refractivity contribution in [1.29, 1.82) is 0 Å². The molecular formula is C24H26N2O3S. The van der Waals surface area contributed by atoms with Crippen molar-refractivity contribution >= 4 is 27.3 Å². The summed E-state index contributed by atoms with van der Waals surface area (Å²) in [6, 6.07) is 19.4. The second-order valence-corrected chi connectivity index (χ2v) is 9.26. The Bertz CT molecular complexity index is 1150. The van der Waals surface area contributed by atoms with Gasteiger partial charge < -0.3 is 5.32 Å². The third kappa shape index (κ3) is 4.54. The normalized spacial score (nSPS) is 11.2. The van der Waals surface area contributed by atoms with E-state index in [0.717, 1.165) is 17.5 Å². The highest BCUT2D eigenvalue weighted by Gasteiger charge is 2.23. The van der Waals surface area contributed by atoms with Gasteiger partial charge in [-0.15, -0.1) is 0 Å². The van der Waals surface area contributed by atoms with E-state index < -0.39 is 10.0 Å². The van der Waals surface area contributed by atoms with Gasteiger partial charge in [0, 0.05) is 18.3 Å². The molecule has 0 aromatic heterocycles. The molecule has 0 aliphatic carbocycles. The lowest BCUT2D eigenvalue weighted by molar-refractivity contribution is 0.102. The van der Waals surface area contributed by atoms with Gasteiger partial charge in [0.1, 0.15) is 0 Å². The molecule has 3 aromatic carbocycles. The van der Waals surface area contributed by atoms with E-state index in [0.29, 0.717) is 16.9 Å². The number of nitrogens with zero attached hydrogens (tertiary/aromatic N) is 1. The van der Waals surface area contributed by atoms with Gasteiger partial charge in [0.25, 0.3) is 15.9 Å². The van der Waals surface area contributed by atoms with E-state index in [1.54, 1.807) is 42.5 Å². The van der Waals surface area contributed by atoms with E-state index in [4.69, 9.17) is 0 Å². The fraction of sp³-hybridized carbons (Fsp3) is 0.208. The highest BCUT2D eigenvalue weighted by atomic mass is 32.2. The SMILES string of the molecule is CCc1ccc(NC(=O)c2ccc(C)c(N(C)S(=O)(=O)c3ccc(C)cc3)c2)cc1. The molecule has 0 aliphatic rings. The molecule has 0 atom stereocenters. The summed E-state index contributed by atoms with van der Waals surface area (Å²) in [6.07, 6.45) is 0.928. The molecule has 3 rings (SSSR count). The van der Waals surface area contributed by atoms with Crippen LogP contribution in [0.2, 0.25) is 0 Å². The van der Waals surface area contributed by atoms with Crippen molar-refractivity contribution in [2.45, 2.75) is 32.1 Å². The average Bonchev–Trinajstić information content (AvgIpc) is 2.74. The number of hydrogen-bond acceptors (Lipinski definition) is 3. The van der Waals surface area contributed by atoms with Crippen LogP contribution in [0.3, 0.4) is 0 Å². The summed E-state index contributed by atoms with van der Waals surface area (Å²) in [5, 5.41) is 2.86. The van der Waals surface area contributed by atoms with Gasteiger partial charge >= 0.3 is 0 Å². The summed E-state index contributed by atoms with van der Waals surface area (Å²) in [5.74, 6) is -0.290. The van der Waals surface area contributed by atoms with Crippen molar-refractivity contribution in [1.82, 2.24) is 0 Å². The van der Waals surface area contributed by atoms with Gasteiger partial charge in [0.2, 0.25) is 0 Å². The second kappa shape index (κ2) is 8.71. The molecule has 1 amide bonds. The van der Waals surface area contributed by atoms with Crippen LogP contribution in [0.15, 0.2) is 71.6 Å². The topological polar surface area (TPSA) is 66.5 Å². The first-order valence-corrected chi connectivity index (χ1v) is 11.2. The third-order valence-corrected chi connectivity index (χ3v) is 6.90. The number of benzene rings is 3. The van der Waals surface area contributed by atoms with E-state index in [1.165, 1.54) is 16.9 Å². The first kappa shape index (κ1) is 21.6. The maximum absolute atomic E-state index is 13.1. The highest BCUT2D eigenvalue weighted by molar-refractivity contribution is 7.92. The van der Waals surface area contributed by atoms with Crippen LogP contribution in [-0.2, 0) is 16.4 Å². The molecule has 0 bridgehead atoms. The number of hydrogen-bond donors (Lipinski definition) is 1. The van der Waals surface area contributed by atoms with Crippen molar-refractivity contribution in [3.05, 3.63) is 89.0 Å². The Morgan fingerprint density at radius 1 is 0.933 bits per heavy atom. The molecule has 6 heteroatoms. The predicted molar refractivity (Wildman–Crippen MR) is 122 cm³/mol. The maximum atomic E-state index is 13.1. The second-order valence-electron chi connectivity index (χ2n) is 7.29. The minimum atomic E-state index is -3.74. The van der Waals surface area contributed by atoms with Crippen LogP contribution in [-0.4, -0.2) is 21.4 Å². The van der Waals surface area contributed by atoms with E-state index in [-0.39, 0.29) is 10.8 Å². The fourth-order valence-corrected chi connectivity index (χ4v) is 4.37. The zero-order valence-corrected chi connectivity index (χ0v) is 18.5. The summed E-state index contributed by atoms with van der Waals surface area (Å²) in [5.41, 5.74) is 4.48. The lowest BCUT2D eigenvalue weighted by atomic mass is 10.1. The Morgan fingerprint density at radius 2 is 1.57 bits per heavy atom. The molecule has 0 unspecified atom stereocenters. The van der Waals surface area contributed by atoms with Crippen LogP contribution in [0.4, 0.5) is 11.4 Å². The molecule has 0 heterocycles. The molecular weight excluding hydrogens is 396 g/mol. The van der Waals surface area contributed by atoms with Crippen molar-refractivity contribution in [2.75, 3.05) is 16.7 Å². The molecule has 0 spiro atoms. The smallest absolute Gasteiger partial charge is 0.264 e. The van der Waals surface area contributed by atoms with Gasteiger partial charge in [0.15, 0.2) is 0 Å². The summed E-state index contributed by atoms with van der Waals surface area (Å²) < 4.78 is 27.3. The number of anilines is 2. The van der Waals surface area contributed by atoms with Crippen molar-refractivity contribution in [3.63, 3.8) is 0 Å². The zero-order valence-electron chi connectivity index (χ0n) is 17.6. The van der Waals surface area contributed by atoms with Crippen LogP contribution in [0.1, 0.15) is 34.0 Å². The molecule has 0 saturated heterocycles. The summed E-state index contributed by atoms with van der Waals surface area (Å²) in [7, 11) is -2.24. The molecule has 3 aromatic rings. The van der Waals surface area contributed by atoms with Crippen LogP contribution in [0.25, 0.3) is 0 Å². The lowest BCUT2D eigenvalue weighted by Gasteiger charge is -2.22. The lowest BCUT2D eigenvalue weighted by Crippen LogP contribution is -2.27. The molecule has 0 fully saturated rings. The first-order valence-electron chi connectivity index (χ1n) is 9.79. The van der Waals surface area contributed by atoms with Crippen LogP contribution < -0.4 is 9.62 Å². The van der Waals surface area contributed by atoms with Gasteiger partial charge in [-0.25, -0.2) is 8.42 Å². The molecule has 0 aliphatic heterocycles. The van der Waals surface area contributed by atoms with Crippen LogP contribution >= 0.6 is 0 Å².